The number of ether oxygens (including phenoxy) is 1. The highest BCUT2D eigenvalue weighted by molar-refractivity contribution is 5.96. The second-order valence-corrected chi connectivity index (χ2v) is 9.64. The topological polar surface area (TPSA) is 58.9 Å². The Kier molecular flexibility index (Phi) is 4.12. The van der Waals surface area contributed by atoms with Crippen molar-refractivity contribution in [1.29, 1.82) is 0 Å². The molecule has 0 radical (unpaired) electrons. The lowest BCUT2D eigenvalue weighted by Crippen LogP contribution is -2.55. The molecule has 1 N–H and O–H groups in total. The number of hydrogen-bond acceptors (Lipinski definition) is 4. The SMILES string of the molecule is C=CC1CC2=C/C(=N\O)CC[C@@H]2C2CC[C@@]3(CC)C(CC[C@@]34C=CC(=O)O4)C12. The second-order valence-electron chi connectivity index (χ2n) is 9.64. The summed E-state index contributed by atoms with van der Waals surface area (Å²) in [6.07, 6.45) is 16.6. The summed E-state index contributed by atoms with van der Waals surface area (Å²) >= 11 is 0. The number of carbonyl (C=O) groups excluding carboxylic acids is 1. The van der Waals surface area contributed by atoms with Crippen LogP contribution in [0.5, 0.6) is 0 Å². The zero-order valence-electron chi connectivity index (χ0n) is 16.8. The fraction of sp³-hybridized carbons (Fsp3) is 0.667. The minimum Gasteiger partial charge on any atom is -0.451 e. The summed E-state index contributed by atoms with van der Waals surface area (Å²) in [6, 6.07) is 0. The van der Waals surface area contributed by atoms with Crippen molar-refractivity contribution in [2.75, 3.05) is 0 Å². The van der Waals surface area contributed by atoms with Crippen molar-refractivity contribution in [2.24, 2.45) is 40.2 Å². The maximum atomic E-state index is 12.0. The average molecular weight is 382 g/mol. The number of fused-ring (bicyclic) bond motifs is 6. The molecule has 4 aliphatic carbocycles. The number of carbonyl (C=O) groups is 1. The molecule has 7 atom stereocenters. The Morgan fingerprint density at radius 2 is 2.21 bits per heavy atom. The summed E-state index contributed by atoms with van der Waals surface area (Å²) < 4.78 is 6.03. The quantitative estimate of drug-likeness (QED) is 0.315. The number of oxime groups is 1. The third-order valence-electron chi connectivity index (χ3n) is 9.12. The molecule has 150 valence electrons. The van der Waals surface area contributed by atoms with Gasteiger partial charge in [-0.05, 0) is 93.1 Å². The van der Waals surface area contributed by atoms with Crippen LogP contribution in [0, 0.1) is 35.0 Å². The van der Waals surface area contributed by atoms with Gasteiger partial charge in [-0.1, -0.05) is 23.7 Å². The third kappa shape index (κ3) is 2.23. The van der Waals surface area contributed by atoms with Gasteiger partial charge >= 0.3 is 5.97 Å². The largest absolute Gasteiger partial charge is 0.451 e. The van der Waals surface area contributed by atoms with Crippen molar-refractivity contribution >= 4 is 11.7 Å². The number of nitrogens with zero attached hydrogens (tertiary/aromatic N) is 1. The molecule has 1 spiro atoms. The lowest BCUT2D eigenvalue weighted by atomic mass is 9.47. The van der Waals surface area contributed by atoms with E-state index in [0.717, 1.165) is 50.7 Å². The highest BCUT2D eigenvalue weighted by Crippen LogP contribution is 2.69. The first-order valence-electron chi connectivity index (χ1n) is 11.0. The van der Waals surface area contributed by atoms with Gasteiger partial charge in [0.1, 0.15) is 5.60 Å². The summed E-state index contributed by atoms with van der Waals surface area (Å²) in [5.74, 6) is 2.78. The lowest BCUT2D eigenvalue weighted by Gasteiger charge is -2.58. The molecule has 0 aromatic rings. The van der Waals surface area contributed by atoms with Gasteiger partial charge in [0.2, 0.25) is 0 Å². The first-order chi connectivity index (χ1) is 13.6. The van der Waals surface area contributed by atoms with Crippen LogP contribution in [0.3, 0.4) is 0 Å². The zero-order chi connectivity index (χ0) is 19.5. The Labute approximate surface area is 167 Å². The molecule has 0 bridgehead atoms. The van der Waals surface area contributed by atoms with Crippen LogP contribution in [-0.4, -0.2) is 22.5 Å². The van der Waals surface area contributed by atoms with Crippen molar-refractivity contribution in [3.63, 3.8) is 0 Å². The van der Waals surface area contributed by atoms with E-state index >= 15 is 0 Å². The highest BCUT2D eigenvalue weighted by atomic mass is 16.6. The Morgan fingerprint density at radius 3 is 2.89 bits per heavy atom. The molecule has 28 heavy (non-hydrogen) atoms. The third-order valence-corrected chi connectivity index (χ3v) is 9.12. The Bertz CT molecular complexity index is 796. The molecule has 0 aromatic carbocycles. The van der Waals surface area contributed by atoms with Gasteiger partial charge in [-0.25, -0.2) is 4.79 Å². The molecule has 0 saturated heterocycles. The predicted octanol–water partition coefficient (Wildman–Crippen LogP) is 5.04. The molecule has 3 fully saturated rings. The molecule has 4 unspecified atom stereocenters. The molecule has 5 aliphatic rings. The van der Waals surface area contributed by atoms with Crippen LogP contribution in [-0.2, 0) is 9.53 Å². The Balaban J connectivity index is 1.54. The van der Waals surface area contributed by atoms with Gasteiger partial charge in [0.05, 0.1) is 5.71 Å². The standard InChI is InChI=1S/C24H31NO3/c1-3-15-13-16-14-17(25-27)5-6-18(16)19-7-10-23(4-2)20(22(15)19)8-11-24(23)12-9-21(26)28-24/h3,9,12,14-15,18-20,22,27H,1,4-8,10-11,13H2,2H3/b25-17-/t15?,18-,19?,20?,22?,23-,24+/m0/s1. The maximum absolute atomic E-state index is 12.0. The normalized spacial score (nSPS) is 48.0. The van der Waals surface area contributed by atoms with Crippen LogP contribution in [0.25, 0.3) is 0 Å². The fourth-order valence-corrected chi connectivity index (χ4v) is 8.07. The average Bonchev–Trinajstić information content (AvgIpc) is 3.27. The Morgan fingerprint density at radius 1 is 1.36 bits per heavy atom. The summed E-state index contributed by atoms with van der Waals surface area (Å²) in [5, 5.41) is 12.7. The van der Waals surface area contributed by atoms with Crippen LogP contribution in [0.2, 0.25) is 0 Å². The van der Waals surface area contributed by atoms with Crippen LogP contribution in [0.15, 0.2) is 41.6 Å². The van der Waals surface area contributed by atoms with Crippen molar-refractivity contribution in [3.8, 4) is 0 Å². The fourth-order valence-electron chi connectivity index (χ4n) is 8.07. The smallest absolute Gasteiger partial charge is 0.331 e. The van der Waals surface area contributed by atoms with E-state index < -0.39 is 0 Å². The van der Waals surface area contributed by atoms with Gasteiger partial charge in [0.15, 0.2) is 0 Å². The number of rotatable bonds is 2. The number of esters is 1. The van der Waals surface area contributed by atoms with Gasteiger partial charge < -0.3 is 9.94 Å². The summed E-state index contributed by atoms with van der Waals surface area (Å²) in [7, 11) is 0. The summed E-state index contributed by atoms with van der Waals surface area (Å²) in [6.45, 7) is 6.50. The lowest BCUT2D eigenvalue weighted by molar-refractivity contribution is -0.165. The minimum atomic E-state index is -0.375. The molecular weight excluding hydrogens is 350 g/mol. The molecule has 1 heterocycles. The second kappa shape index (κ2) is 6.33. The molecule has 3 saturated carbocycles. The van der Waals surface area contributed by atoms with Crippen molar-refractivity contribution in [3.05, 3.63) is 36.5 Å². The van der Waals surface area contributed by atoms with E-state index in [9.17, 15) is 10.0 Å². The van der Waals surface area contributed by atoms with E-state index in [-0.39, 0.29) is 17.0 Å². The molecule has 1 aliphatic heterocycles. The molecule has 0 aromatic heterocycles. The van der Waals surface area contributed by atoms with Crippen LogP contribution in [0.4, 0.5) is 0 Å². The van der Waals surface area contributed by atoms with E-state index in [0.29, 0.717) is 29.6 Å². The van der Waals surface area contributed by atoms with Crippen LogP contribution < -0.4 is 0 Å². The van der Waals surface area contributed by atoms with Crippen LogP contribution >= 0.6 is 0 Å². The van der Waals surface area contributed by atoms with Crippen molar-refractivity contribution in [1.82, 2.24) is 0 Å². The highest BCUT2D eigenvalue weighted by Gasteiger charge is 2.67. The number of hydrogen-bond donors (Lipinski definition) is 1. The number of allylic oxidation sites excluding steroid dienone is 3. The van der Waals surface area contributed by atoms with E-state index in [1.807, 2.05) is 0 Å². The van der Waals surface area contributed by atoms with Gasteiger partial charge in [-0.2, -0.15) is 0 Å². The monoisotopic (exact) mass is 381 g/mol. The zero-order valence-corrected chi connectivity index (χ0v) is 16.8. The molecule has 0 amide bonds. The van der Waals surface area contributed by atoms with Gasteiger partial charge in [-0.15, -0.1) is 6.58 Å². The van der Waals surface area contributed by atoms with Gasteiger partial charge in [0.25, 0.3) is 0 Å². The molecular formula is C24H31NO3. The maximum Gasteiger partial charge on any atom is 0.331 e. The van der Waals surface area contributed by atoms with Gasteiger partial charge in [0, 0.05) is 11.5 Å². The van der Waals surface area contributed by atoms with Gasteiger partial charge in [-0.3, -0.25) is 0 Å². The van der Waals surface area contributed by atoms with Crippen LogP contribution in [0.1, 0.15) is 58.3 Å². The first-order valence-corrected chi connectivity index (χ1v) is 11.0. The summed E-state index contributed by atoms with van der Waals surface area (Å²) in [5.41, 5.74) is 1.99. The molecule has 4 heteroatoms. The van der Waals surface area contributed by atoms with Crippen molar-refractivity contribution in [2.45, 2.75) is 63.9 Å². The van der Waals surface area contributed by atoms with E-state index in [2.05, 4.69) is 36.9 Å². The first kappa shape index (κ1) is 18.2. The summed E-state index contributed by atoms with van der Waals surface area (Å²) in [4.78, 5) is 12.0. The van der Waals surface area contributed by atoms with E-state index in [4.69, 9.17) is 4.74 Å². The Hall–Kier alpha value is -1.84. The van der Waals surface area contributed by atoms with Crippen molar-refractivity contribution < 1.29 is 14.7 Å². The minimum absolute atomic E-state index is 0.0751. The van der Waals surface area contributed by atoms with E-state index in [1.165, 1.54) is 12.0 Å². The molecule has 5 rings (SSSR count). The predicted molar refractivity (Wildman–Crippen MR) is 108 cm³/mol. The molecule has 4 nitrogen and oxygen atoms in total. The van der Waals surface area contributed by atoms with E-state index in [1.54, 1.807) is 6.08 Å².